The van der Waals surface area contributed by atoms with Crippen molar-refractivity contribution in [2.24, 2.45) is 0 Å². The summed E-state index contributed by atoms with van der Waals surface area (Å²) in [6.45, 7) is 0. The van der Waals surface area contributed by atoms with Gasteiger partial charge in [0.25, 0.3) is 0 Å². The minimum absolute atomic E-state index is 0.610. The van der Waals surface area contributed by atoms with Crippen molar-refractivity contribution in [3.8, 4) is 50.7 Å². The number of rotatable bonds is 5. The Morgan fingerprint density at radius 2 is 1.02 bits per heavy atom. The Morgan fingerprint density at radius 3 is 1.84 bits per heavy atom. The maximum atomic E-state index is 6.60. The molecular formula is C52H30IN3O2. The van der Waals surface area contributed by atoms with E-state index in [1.807, 2.05) is 30.3 Å². The van der Waals surface area contributed by atoms with Crippen molar-refractivity contribution in [2.75, 3.05) is 0 Å². The Kier molecular flexibility index (Phi) is 7.43. The van der Waals surface area contributed by atoms with Crippen LogP contribution in [0.3, 0.4) is 0 Å². The number of halogens is 1. The van der Waals surface area contributed by atoms with Crippen molar-refractivity contribution in [2.45, 2.75) is 0 Å². The van der Waals surface area contributed by atoms with E-state index in [2.05, 4.69) is 179 Å². The molecule has 0 fully saturated rings. The molecule has 12 rings (SSSR count). The summed E-state index contributed by atoms with van der Waals surface area (Å²) in [7, 11) is 0. The first-order valence-electron chi connectivity index (χ1n) is 19.3. The standard InChI is InChI=1S/C52H30IN3O2/c53-48-49(34-24-22-32(23-25-34)31-12-3-1-4-13-31)54-51(35-26-27-40-45(30-35)58-43-21-11-18-36(46(40)43)33-14-5-2-6-15-33)55-52(48)56-41-19-9-7-16-37(41)38-28-29-44-47(50(38)56)39-17-8-10-20-42(39)57-44/h1-30H. The van der Waals surface area contributed by atoms with Gasteiger partial charge in [-0.15, -0.1) is 0 Å². The fraction of sp³-hybridized carbons (Fsp3) is 0. The zero-order valence-corrected chi connectivity index (χ0v) is 33.0. The summed E-state index contributed by atoms with van der Waals surface area (Å²) in [6.07, 6.45) is 0. The summed E-state index contributed by atoms with van der Waals surface area (Å²) in [5, 5.41) is 6.56. The molecule has 0 aliphatic carbocycles. The van der Waals surface area contributed by atoms with E-state index in [4.69, 9.17) is 18.8 Å². The van der Waals surface area contributed by atoms with Gasteiger partial charge in [0.2, 0.25) is 0 Å². The van der Waals surface area contributed by atoms with E-state index in [0.29, 0.717) is 5.82 Å². The molecule has 8 aromatic carbocycles. The van der Waals surface area contributed by atoms with Gasteiger partial charge in [0.1, 0.15) is 22.3 Å². The summed E-state index contributed by atoms with van der Waals surface area (Å²) in [5.74, 6) is 1.41. The fourth-order valence-electron chi connectivity index (χ4n) is 8.66. The third-order valence-corrected chi connectivity index (χ3v) is 12.3. The normalized spacial score (nSPS) is 11.9. The van der Waals surface area contributed by atoms with Crippen LogP contribution in [0.4, 0.5) is 0 Å². The first-order valence-corrected chi connectivity index (χ1v) is 20.3. The highest BCUT2D eigenvalue weighted by atomic mass is 127. The molecule has 0 atom stereocenters. The number of nitrogens with zero attached hydrogens (tertiary/aromatic N) is 3. The summed E-state index contributed by atoms with van der Waals surface area (Å²) < 4.78 is 16.3. The van der Waals surface area contributed by atoms with Crippen molar-refractivity contribution >= 4 is 88.3 Å². The molecule has 0 aliphatic rings. The van der Waals surface area contributed by atoms with Crippen LogP contribution in [0.15, 0.2) is 191 Å². The lowest BCUT2D eigenvalue weighted by Crippen LogP contribution is -2.06. The van der Waals surface area contributed by atoms with Gasteiger partial charge in [-0.2, -0.15) is 0 Å². The van der Waals surface area contributed by atoms with Gasteiger partial charge < -0.3 is 8.83 Å². The van der Waals surface area contributed by atoms with Gasteiger partial charge in [-0.3, -0.25) is 4.57 Å². The minimum Gasteiger partial charge on any atom is -0.456 e. The van der Waals surface area contributed by atoms with Crippen LogP contribution in [0.5, 0.6) is 0 Å². The Balaban J connectivity index is 1.13. The average Bonchev–Trinajstić information content (AvgIpc) is 3.96. The Bertz CT molecular complexity index is 3570. The van der Waals surface area contributed by atoms with Crippen LogP contribution in [0, 0.1) is 3.57 Å². The van der Waals surface area contributed by atoms with Crippen molar-refractivity contribution in [1.29, 1.82) is 0 Å². The van der Waals surface area contributed by atoms with Crippen molar-refractivity contribution < 1.29 is 8.83 Å². The average molecular weight is 856 g/mol. The van der Waals surface area contributed by atoms with Crippen molar-refractivity contribution in [3.05, 3.63) is 186 Å². The monoisotopic (exact) mass is 855 g/mol. The predicted octanol–water partition coefficient (Wildman–Crippen LogP) is 14.6. The molecule has 0 amide bonds. The van der Waals surface area contributed by atoms with Gasteiger partial charge in [0, 0.05) is 38.1 Å². The third kappa shape index (κ3) is 5.08. The molecule has 4 aromatic heterocycles. The maximum absolute atomic E-state index is 6.60. The first kappa shape index (κ1) is 33.1. The molecule has 0 radical (unpaired) electrons. The van der Waals surface area contributed by atoms with Crippen LogP contribution in [0.1, 0.15) is 0 Å². The SMILES string of the molecule is Ic1c(-c2ccc(-c3ccccc3)cc2)nc(-c2ccc3c(c2)oc2cccc(-c4ccccc4)c23)nc1-n1c2ccccc2c2ccc3oc4ccccc4c3c21. The fourth-order valence-corrected chi connectivity index (χ4v) is 9.46. The van der Waals surface area contributed by atoms with Crippen LogP contribution in [-0.2, 0) is 0 Å². The van der Waals surface area contributed by atoms with Gasteiger partial charge in [-0.05, 0) is 87.3 Å². The van der Waals surface area contributed by atoms with E-state index < -0.39 is 0 Å². The lowest BCUT2D eigenvalue weighted by Gasteiger charge is -2.15. The number of hydrogen-bond acceptors (Lipinski definition) is 4. The van der Waals surface area contributed by atoms with Crippen LogP contribution >= 0.6 is 22.6 Å². The molecule has 0 spiro atoms. The molecule has 0 bridgehead atoms. The lowest BCUT2D eigenvalue weighted by atomic mass is 9.99. The lowest BCUT2D eigenvalue weighted by molar-refractivity contribution is 0.668. The first-order chi connectivity index (χ1) is 28.7. The topological polar surface area (TPSA) is 57.0 Å². The molecule has 0 saturated heterocycles. The van der Waals surface area contributed by atoms with Gasteiger partial charge in [-0.1, -0.05) is 140 Å². The van der Waals surface area contributed by atoms with Crippen LogP contribution in [0.25, 0.3) is 116 Å². The van der Waals surface area contributed by atoms with E-state index in [1.54, 1.807) is 0 Å². The molecule has 6 heteroatoms. The van der Waals surface area contributed by atoms with E-state index in [0.717, 1.165) is 109 Å². The van der Waals surface area contributed by atoms with E-state index in [1.165, 1.54) is 5.56 Å². The second kappa shape index (κ2) is 13.0. The quantitative estimate of drug-likeness (QED) is 0.162. The number of benzene rings is 8. The summed E-state index contributed by atoms with van der Waals surface area (Å²) in [5.41, 5.74) is 12.8. The number of para-hydroxylation sites is 2. The van der Waals surface area contributed by atoms with Crippen molar-refractivity contribution in [3.63, 3.8) is 0 Å². The Hall–Kier alpha value is -7.03. The zero-order chi connectivity index (χ0) is 38.3. The minimum atomic E-state index is 0.610. The molecule has 0 aliphatic heterocycles. The molecule has 12 aromatic rings. The number of aromatic nitrogens is 3. The van der Waals surface area contributed by atoms with E-state index in [9.17, 15) is 0 Å². The van der Waals surface area contributed by atoms with Gasteiger partial charge in [-0.25, -0.2) is 9.97 Å². The highest BCUT2D eigenvalue weighted by molar-refractivity contribution is 14.1. The summed E-state index contributed by atoms with van der Waals surface area (Å²) in [6, 6.07) is 63.4. The molecule has 0 N–H and O–H groups in total. The van der Waals surface area contributed by atoms with E-state index >= 15 is 0 Å². The third-order valence-electron chi connectivity index (χ3n) is 11.3. The molecule has 5 nitrogen and oxygen atoms in total. The summed E-state index contributed by atoms with van der Waals surface area (Å²) >= 11 is 2.45. The number of furan rings is 2. The van der Waals surface area contributed by atoms with Crippen LogP contribution in [-0.4, -0.2) is 14.5 Å². The summed E-state index contributed by atoms with van der Waals surface area (Å²) in [4.78, 5) is 10.9. The van der Waals surface area contributed by atoms with Gasteiger partial charge in [0.15, 0.2) is 11.6 Å². The zero-order valence-electron chi connectivity index (χ0n) is 30.9. The maximum Gasteiger partial charge on any atom is 0.162 e. The van der Waals surface area contributed by atoms with E-state index in [-0.39, 0.29) is 0 Å². The molecule has 272 valence electrons. The largest absolute Gasteiger partial charge is 0.456 e. The number of fused-ring (bicyclic) bond motifs is 10. The Labute approximate surface area is 346 Å². The number of hydrogen-bond donors (Lipinski definition) is 0. The highest BCUT2D eigenvalue weighted by Crippen LogP contribution is 2.43. The van der Waals surface area contributed by atoms with Crippen LogP contribution in [0.2, 0.25) is 0 Å². The Morgan fingerprint density at radius 1 is 0.414 bits per heavy atom. The molecule has 0 saturated carbocycles. The molecular weight excluding hydrogens is 825 g/mol. The second-order valence-electron chi connectivity index (χ2n) is 14.6. The predicted molar refractivity (Wildman–Crippen MR) is 245 cm³/mol. The molecule has 4 heterocycles. The second-order valence-corrected chi connectivity index (χ2v) is 15.7. The van der Waals surface area contributed by atoms with Gasteiger partial charge >= 0.3 is 0 Å². The van der Waals surface area contributed by atoms with Gasteiger partial charge in [0.05, 0.1) is 25.7 Å². The van der Waals surface area contributed by atoms with Crippen LogP contribution < -0.4 is 0 Å². The smallest absolute Gasteiger partial charge is 0.162 e. The highest BCUT2D eigenvalue weighted by Gasteiger charge is 2.24. The van der Waals surface area contributed by atoms with Crippen molar-refractivity contribution in [1.82, 2.24) is 14.5 Å². The molecule has 58 heavy (non-hydrogen) atoms. The molecule has 0 unspecified atom stereocenters.